The summed E-state index contributed by atoms with van der Waals surface area (Å²) in [6.07, 6.45) is -1.48. The summed E-state index contributed by atoms with van der Waals surface area (Å²) in [5.74, 6) is -0.715. The van der Waals surface area contributed by atoms with Crippen molar-refractivity contribution in [1.29, 1.82) is 0 Å². The van der Waals surface area contributed by atoms with Crippen molar-refractivity contribution in [1.82, 2.24) is 23.9 Å². The average molecular weight is 418 g/mol. The van der Waals surface area contributed by atoms with Crippen molar-refractivity contribution in [3.63, 3.8) is 0 Å². The molecule has 0 bridgehead atoms. The van der Waals surface area contributed by atoms with Gasteiger partial charge in [-0.05, 0) is 24.3 Å². The van der Waals surface area contributed by atoms with Crippen LogP contribution in [0, 0.1) is 0 Å². The van der Waals surface area contributed by atoms with Gasteiger partial charge < -0.3 is 10.3 Å². The molecule has 4 rings (SSSR count). The van der Waals surface area contributed by atoms with Gasteiger partial charge in [0.05, 0.1) is 30.5 Å². The highest BCUT2D eigenvalue weighted by Crippen LogP contribution is 2.32. The molecular formula is C19H14F4N6O. The monoisotopic (exact) mass is 418 g/mol. The number of imidazole rings is 2. The van der Waals surface area contributed by atoms with Crippen molar-refractivity contribution in [2.24, 2.45) is 5.73 Å². The number of aromatic nitrogens is 5. The molecule has 0 radical (unpaired) electrons. The Morgan fingerprint density at radius 3 is 2.60 bits per heavy atom. The molecule has 2 N–H and O–H groups in total. The number of rotatable bonds is 6. The number of pyridine rings is 2. The van der Waals surface area contributed by atoms with Crippen LogP contribution in [0.3, 0.4) is 0 Å². The van der Waals surface area contributed by atoms with E-state index >= 15 is 0 Å². The quantitative estimate of drug-likeness (QED) is 0.485. The second-order valence-electron chi connectivity index (χ2n) is 6.39. The molecule has 7 nitrogen and oxygen atoms in total. The Labute approximate surface area is 166 Å². The van der Waals surface area contributed by atoms with E-state index in [-0.39, 0.29) is 22.8 Å². The van der Waals surface area contributed by atoms with Crippen molar-refractivity contribution in [3.05, 3.63) is 60.4 Å². The van der Waals surface area contributed by atoms with E-state index in [1.54, 1.807) is 12.1 Å². The molecule has 0 atom stereocenters. The Bertz CT molecular complexity index is 1230. The van der Waals surface area contributed by atoms with Crippen molar-refractivity contribution in [3.8, 4) is 22.6 Å². The Balaban J connectivity index is 1.93. The molecule has 0 aliphatic carbocycles. The summed E-state index contributed by atoms with van der Waals surface area (Å²) in [4.78, 5) is 23.8. The van der Waals surface area contributed by atoms with Gasteiger partial charge in [0.1, 0.15) is 22.7 Å². The van der Waals surface area contributed by atoms with Crippen LogP contribution in [0.5, 0.6) is 0 Å². The molecule has 4 aromatic rings. The number of hydrogen-bond acceptors (Lipinski definition) is 4. The van der Waals surface area contributed by atoms with Crippen molar-refractivity contribution in [2.75, 3.05) is 0 Å². The maximum Gasteiger partial charge on any atom is 0.280 e. The number of carbonyl (C=O) groups excluding carboxylic acids is 1. The number of amides is 1. The van der Waals surface area contributed by atoms with Gasteiger partial charge in [-0.2, -0.15) is 0 Å². The number of alkyl halides is 4. The Hall–Kier alpha value is -3.76. The molecule has 4 aromatic heterocycles. The molecule has 0 aromatic carbocycles. The fraction of sp³-hybridized carbons (Fsp3) is 0.158. The van der Waals surface area contributed by atoms with Crippen LogP contribution in [0.25, 0.3) is 28.3 Å². The summed E-state index contributed by atoms with van der Waals surface area (Å²) in [5.41, 5.74) is 6.33. The van der Waals surface area contributed by atoms with Gasteiger partial charge in [-0.1, -0.05) is 6.07 Å². The number of fused-ring (bicyclic) bond motifs is 1. The molecule has 154 valence electrons. The lowest BCUT2D eigenvalue weighted by Crippen LogP contribution is -2.13. The summed E-state index contributed by atoms with van der Waals surface area (Å²) in [6.45, 7) is -0.665. The van der Waals surface area contributed by atoms with Crippen LogP contribution >= 0.6 is 0 Å². The number of hydrogen-bond donors (Lipinski definition) is 1. The van der Waals surface area contributed by atoms with Gasteiger partial charge >= 0.3 is 0 Å². The molecule has 11 heteroatoms. The van der Waals surface area contributed by atoms with Gasteiger partial charge in [0, 0.05) is 11.8 Å². The van der Waals surface area contributed by atoms with Gasteiger partial charge in [0.15, 0.2) is 0 Å². The zero-order valence-electron chi connectivity index (χ0n) is 15.2. The highest BCUT2D eigenvalue weighted by atomic mass is 19.3. The molecule has 0 unspecified atom stereocenters. The number of nitrogens with two attached hydrogens (primary N) is 1. The summed E-state index contributed by atoms with van der Waals surface area (Å²) in [6, 6.07) is 7.21. The topological polar surface area (TPSA) is 91.1 Å². The molecule has 0 saturated heterocycles. The third-order valence-corrected chi connectivity index (χ3v) is 4.44. The third-order valence-electron chi connectivity index (χ3n) is 4.44. The SMILES string of the molecule is NC(=O)c1cnc2ccc(-c3c(-c4cccc(C(F)F)n4)ncn3CC(F)F)cn12. The Kier molecular flexibility index (Phi) is 4.94. The minimum absolute atomic E-state index is 0.103. The van der Waals surface area contributed by atoms with Crippen LogP contribution in [0.1, 0.15) is 22.6 Å². The van der Waals surface area contributed by atoms with Crippen LogP contribution in [0.4, 0.5) is 17.6 Å². The van der Waals surface area contributed by atoms with Gasteiger partial charge in [0.2, 0.25) is 0 Å². The lowest BCUT2D eigenvalue weighted by Gasteiger charge is -2.11. The fourth-order valence-corrected chi connectivity index (χ4v) is 3.17. The summed E-state index contributed by atoms with van der Waals surface area (Å²) < 4.78 is 55.1. The maximum absolute atomic E-state index is 13.1. The summed E-state index contributed by atoms with van der Waals surface area (Å²) in [5, 5.41) is 0. The fourth-order valence-electron chi connectivity index (χ4n) is 3.17. The third kappa shape index (κ3) is 3.49. The Morgan fingerprint density at radius 2 is 1.90 bits per heavy atom. The minimum Gasteiger partial charge on any atom is -0.364 e. The van der Waals surface area contributed by atoms with E-state index in [9.17, 15) is 22.4 Å². The molecular weight excluding hydrogens is 404 g/mol. The molecule has 0 aliphatic rings. The standard InChI is InChI=1S/C19H14F4N6O/c20-14(21)8-28-9-26-16(11-2-1-3-12(27-11)18(22)23)17(28)10-4-5-15-25-6-13(19(24)30)29(15)7-10/h1-7,9,14,18H,8H2,(H2,24,30). The van der Waals surface area contributed by atoms with Gasteiger partial charge in [-0.15, -0.1) is 0 Å². The van der Waals surface area contributed by atoms with E-state index in [1.807, 2.05) is 0 Å². The van der Waals surface area contributed by atoms with Gasteiger partial charge in [-0.3, -0.25) is 9.20 Å². The predicted octanol–water partition coefficient (Wildman–Crippen LogP) is 3.56. The van der Waals surface area contributed by atoms with E-state index < -0.39 is 31.0 Å². The first kappa shape index (κ1) is 19.6. The lowest BCUT2D eigenvalue weighted by molar-refractivity contribution is 0.0994. The van der Waals surface area contributed by atoms with E-state index in [0.717, 1.165) is 0 Å². The number of carbonyl (C=O) groups is 1. The average Bonchev–Trinajstić information content (AvgIpc) is 3.31. The molecule has 30 heavy (non-hydrogen) atoms. The molecule has 4 heterocycles. The van der Waals surface area contributed by atoms with Crippen LogP contribution in [-0.2, 0) is 6.54 Å². The number of halogens is 4. The van der Waals surface area contributed by atoms with E-state index in [0.29, 0.717) is 11.2 Å². The largest absolute Gasteiger partial charge is 0.364 e. The van der Waals surface area contributed by atoms with E-state index in [1.165, 1.54) is 45.9 Å². The maximum atomic E-state index is 13.1. The molecule has 0 aliphatic heterocycles. The van der Waals surface area contributed by atoms with E-state index in [4.69, 9.17) is 5.73 Å². The zero-order chi connectivity index (χ0) is 21.4. The smallest absolute Gasteiger partial charge is 0.280 e. The van der Waals surface area contributed by atoms with E-state index in [2.05, 4.69) is 15.0 Å². The normalized spacial score (nSPS) is 11.7. The molecule has 0 saturated carbocycles. The second kappa shape index (κ2) is 7.58. The Morgan fingerprint density at radius 1 is 1.10 bits per heavy atom. The van der Waals surface area contributed by atoms with Crippen LogP contribution in [0.2, 0.25) is 0 Å². The van der Waals surface area contributed by atoms with Crippen LogP contribution < -0.4 is 5.73 Å². The summed E-state index contributed by atoms with van der Waals surface area (Å²) in [7, 11) is 0. The number of primary amides is 1. The van der Waals surface area contributed by atoms with Crippen molar-refractivity contribution < 1.29 is 22.4 Å². The lowest BCUT2D eigenvalue weighted by atomic mass is 10.1. The van der Waals surface area contributed by atoms with Crippen LogP contribution in [0.15, 0.2) is 49.1 Å². The highest BCUT2D eigenvalue weighted by molar-refractivity contribution is 5.92. The second-order valence-corrected chi connectivity index (χ2v) is 6.39. The molecule has 0 fully saturated rings. The first-order valence-corrected chi connectivity index (χ1v) is 8.71. The highest BCUT2D eigenvalue weighted by Gasteiger charge is 2.21. The zero-order valence-corrected chi connectivity index (χ0v) is 15.2. The molecule has 0 spiro atoms. The van der Waals surface area contributed by atoms with Crippen molar-refractivity contribution in [2.45, 2.75) is 19.4 Å². The summed E-state index contributed by atoms with van der Waals surface area (Å²) >= 11 is 0. The molecule has 1 amide bonds. The van der Waals surface area contributed by atoms with Crippen molar-refractivity contribution >= 4 is 11.6 Å². The minimum atomic E-state index is -2.79. The first-order chi connectivity index (χ1) is 14.3. The first-order valence-electron chi connectivity index (χ1n) is 8.71. The number of nitrogens with zero attached hydrogens (tertiary/aromatic N) is 5. The predicted molar refractivity (Wildman–Crippen MR) is 99.1 cm³/mol. The van der Waals surface area contributed by atoms with Gasteiger partial charge in [0.25, 0.3) is 18.8 Å². The van der Waals surface area contributed by atoms with Gasteiger partial charge in [-0.25, -0.2) is 32.5 Å². The van der Waals surface area contributed by atoms with Crippen LogP contribution in [-0.4, -0.2) is 36.3 Å².